The van der Waals surface area contributed by atoms with Gasteiger partial charge in [0, 0.05) is 13.0 Å². The number of primary amides is 1. The summed E-state index contributed by atoms with van der Waals surface area (Å²) in [7, 11) is 0. The molecule has 1 saturated heterocycles. The molecule has 3 amide bonds. The van der Waals surface area contributed by atoms with Crippen LogP contribution in [-0.2, 0) is 14.4 Å². The van der Waals surface area contributed by atoms with E-state index in [0.29, 0.717) is 18.0 Å². The zero-order valence-corrected chi connectivity index (χ0v) is 11.4. The van der Waals surface area contributed by atoms with Gasteiger partial charge in [0.05, 0.1) is 24.6 Å². The van der Waals surface area contributed by atoms with Crippen LogP contribution in [0, 0.1) is 5.92 Å². The van der Waals surface area contributed by atoms with Crippen molar-refractivity contribution in [1.82, 2.24) is 5.32 Å². The highest BCUT2D eigenvalue weighted by molar-refractivity contribution is 5.98. The molecule has 0 radical (unpaired) electrons. The standard InChI is InChI=1S/C14H17N3O4/c15-12(18)5-6-21-11-4-2-1-3-10(11)17-14(20)9-7-13(19)16-8-9/h1-4,9H,5-8H2,(H2,15,18)(H,16,19)(H,17,20). The van der Waals surface area contributed by atoms with Gasteiger partial charge in [0.15, 0.2) is 0 Å². The first-order valence-corrected chi connectivity index (χ1v) is 6.64. The van der Waals surface area contributed by atoms with Crippen LogP contribution in [-0.4, -0.2) is 30.9 Å². The smallest absolute Gasteiger partial charge is 0.229 e. The summed E-state index contributed by atoms with van der Waals surface area (Å²) in [5, 5.41) is 5.35. The molecule has 0 aromatic heterocycles. The van der Waals surface area contributed by atoms with Gasteiger partial charge < -0.3 is 21.1 Å². The van der Waals surface area contributed by atoms with Crippen molar-refractivity contribution in [3.05, 3.63) is 24.3 Å². The topological polar surface area (TPSA) is 111 Å². The second kappa shape index (κ2) is 6.74. The lowest BCUT2D eigenvalue weighted by molar-refractivity contribution is -0.123. The van der Waals surface area contributed by atoms with Gasteiger partial charge in [-0.15, -0.1) is 0 Å². The number of carbonyl (C=O) groups excluding carboxylic acids is 3. The van der Waals surface area contributed by atoms with E-state index in [1.165, 1.54) is 0 Å². The predicted octanol–water partition coefficient (Wildman–Crippen LogP) is 0.0154. The Morgan fingerprint density at radius 2 is 2.14 bits per heavy atom. The molecule has 1 aliphatic rings. The first-order valence-electron chi connectivity index (χ1n) is 6.64. The summed E-state index contributed by atoms with van der Waals surface area (Å²) in [5.74, 6) is -0.729. The maximum absolute atomic E-state index is 12.1. The lowest BCUT2D eigenvalue weighted by Gasteiger charge is -2.13. The van der Waals surface area contributed by atoms with E-state index in [-0.39, 0.29) is 37.2 Å². The minimum atomic E-state index is -0.452. The molecular weight excluding hydrogens is 274 g/mol. The highest BCUT2D eigenvalue weighted by atomic mass is 16.5. The van der Waals surface area contributed by atoms with Gasteiger partial charge in [0.2, 0.25) is 17.7 Å². The van der Waals surface area contributed by atoms with Crippen LogP contribution in [0.3, 0.4) is 0 Å². The molecule has 1 atom stereocenters. The largest absolute Gasteiger partial charge is 0.491 e. The zero-order valence-electron chi connectivity index (χ0n) is 11.4. The fourth-order valence-electron chi connectivity index (χ4n) is 1.98. The molecular formula is C14H17N3O4. The van der Waals surface area contributed by atoms with Gasteiger partial charge in [0.1, 0.15) is 5.75 Å². The highest BCUT2D eigenvalue weighted by Crippen LogP contribution is 2.25. The van der Waals surface area contributed by atoms with Crippen LogP contribution in [0.15, 0.2) is 24.3 Å². The Morgan fingerprint density at radius 3 is 2.81 bits per heavy atom. The van der Waals surface area contributed by atoms with E-state index in [2.05, 4.69) is 10.6 Å². The quantitative estimate of drug-likeness (QED) is 0.686. The maximum Gasteiger partial charge on any atom is 0.229 e. The van der Waals surface area contributed by atoms with Crippen molar-refractivity contribution in [2.45, 2.75) is 12.8 Å². The Balaban J connectivity index is 1.97. The fraction of sp³-hybridized carbons (Fsp3) is 0.357. The number of nitrogens with two attached hydrogens (primary N) is 1. The average Bonchev–Trinajstić information content (AvgIpc) is 2.87. The molecule has 1 aromatic rings. The van der Waals surface area contributed by atoms with E-state index in [0.717, 1.165) is 0 Å². The second-order valence-corrected chi connectivity index (χ2v) is 4.76. The summed E-state index contributed by atoms with van der Waals surface area (Å²) in [6, 6.07) is 6.90. The number of anilines is 1. The summed E-state index contributed by atoms with van der Waals surface area (Å²) < 4.78 is 5.43. The molecule has 0 spiro atoms. The average molecular weight is 291 g/mol. The lowest BCUT2D eigenvalue weighted by atomic mass is 10.1. The number of ether oxygens (including phenoxy) is 1. The van der Waals surface area contributed by atoms with Crippen LogP contribution in [0.5, 0.6) is 5.75 Å². The van der Waals surface area contributed by atoms with E-state index < -0.39 is 5.91 Å². The van der Waals surface area contributed by atoms with Crippen LogP contribution in [0.25, 0.3) is 0 Å². The Kier molecular flexibility index (Phi) is 4.76. The molecule has 1 aromatic carbocycles. The van der Waals surface area contributed by atoms with Gasteiger partial charge in [-0.25, -0.2) is 0 Å². The van der Waals surface area contributed by atoms with Gasteiger partial charge >= 0.3 is 0 Å². The number of amides is 3. The summed E-state index contributed by atoms with van der Waals surface area (Å²) in [6.07, 6.45) is 0.292. The molecule has 1 heterocycles. The molecule has 112 valence electrons. The van der Waals surface area contributed by atoms with Crippen molar-refractivity contribution in [1.29, 1.82) is 0 Å². The van der Waals surface area contributed by atoms with Crippen LogP contribution < -0.4 is 21.1 Å². The Labute approximate surface area is 121 Å². The summed E-state index contributed by atoms with van der Waals surface area (Å²) in [5.41, 5.74) is 5.55. The molecule has 1 fully saturated rings. The Morgan fingerprint density at radius 1 is 1.38 bits per heavy atom. The number of benzene rings is 1. The third kappa shape index (κ3) is 4.20. The normalized spacial score (nSPS) is 17.1. The van der Waals surface area contributed by atoms with Crippen molar-refractivity contribution in [3.8, 4) is 5.75 Å². The van der Waals surface area contributed by atoms with Crippen molar-refractivity contribution in [3.63, 3.8) is 0 Å². The molecule has 1 aliphatic heterocycles. The Bertz CT molecular complexity index is 559. The van der Waals surface area contributed by atoms with Gasteiger partial charge in [-0.2, -0.15) is 0 Å². The van der Waals surface area contributed by atoms with Crippen molar-refractivity contribution in [2.24, 2.45) is 11.7 Å². The number of hydrogen-bond donors (Lipinski definition) is 3. The minimum absolute atomic E-state index is 0.101. The second-order valence-electron chi connectivity index (χ2n) is 4.76. The fourth-order valence-corrected chi connectivity index (χ4v) is 1.98. The molecule has 1 unspecified atom stereocenters. The predicted molar refractivity (Wildman–Crippen MR) is 75.5 cm³/mol. The number of hydrogen-bond acceptors (Lipinski definition) is 4. The van der Waals surface area contributed by atoms with Crippen molar-refractivity contribution >= 4 is 23.4 Å². The third-order valence-electron chi connectivity index (χ3n) is 3.10. The van der Waals surface area contributed by atoms with Crippen LogP contribution in [0.2, 0.25) is 0 Å². The minimum Gasteiger partial charge on any atom is -0.491 e. The van der Waals surface area contributed by atoms with Crippen molar-refractivity contribution < 1.29 is 19.1 Å². The first kappa shape index (κ1) is 14.8. The molecule has 0 aliphatic carbocycles. The van der Waals surface area contributed by atoms with E-state index in [9.17, 15) is 14.4 Å². The van der Waals surface area contributed by atoms with E-state index in [4.69, 9.17) is 10.5 Å². The molecule has 4 N–H and O–H groups in total. The summed E-state index contributed by atoms with van der Waals surface area (Å²) in [4.78, 5) is 33.9. The maximum atomic E-state index is 12.1. The van der Waals surface area contributed by atoms with Crippen molar-refractivity contribution in [2.75, 3.05) is 18.5 Å². The van der Waals surface area contributed by atoms with Crippen LogP contribution in [0.1, 0.15) is 12.8 Å². The molecule has 7 heteroatoms. The lowest BCUT2D eigenvalue weighted by Crippen LogP contribution is -2.25. The summed E-state index contributed by atoms with van der Waals surface area (Å²) in [6.45, 7) is 0.487. The molecule has 2 rings (SSSR count). The number of rotatable bonds is 6. The highest BCUT2D eigenvalue weighted by Gasteiger charge is 2.28. The van der Waals surface area contributed by atoms with E-state index in [1.807, 2.05) is 0 Å². The SMILES string of the molecule is NC(=O)CCOc1ccccc1NC(=O)C1CNC(=O)C1. The van der Waals surface area contributed by atoms with E-state index in [1.54, 1.807) is 24.3 Å². The number of para-hydroxylation sites is 2. The zero-order chi connectivity index (χ0) is 15.2. The van der Waals surface area contributed by atoms with Gasteiger partial charge in [0.25, 0.3) is 0 Å². The van der Waals surface area contributed by atoms with E-state index >= 15 is 0 Å². The first-order chi connectivity index (χ1) is 10.1. The molecule has 0 saturated carbocycles. The monoisotopic (exact) mass is 291 g/mol. The molecule has 0 bridgehead atoms. The third-order valence-corrected chi connectivity index (χ3v) is 3.10. The van der Waals surface area contributed by atoms with Crippen LogP contribution in [0.4, 0.5) is 5.69 Å². The van der Waals surface area contributed by atoms with Gasteiger partial charge in [-0.1, -0.05) is 12.1 Å². The number of nitrogens with one attached hydrogen (secondary N) is 2. The molecule has 7 nitrogen and oxygen atoms in total. The van der Waals surface area contributed by atoms with Gasteiger partial charge in [-0.3, -0.25) is 14.4 Å². The van der Waals surface area contributed by atoms with Gasteiger partial charge in [-0.05, 0) is 12.1 Å². The number of carbonyl (C=O) groups is 3. The van der Waals surface area contributed by atoms with Crippen LogP contribution >= 0.6 is 0 Å². The molecule has 21 heavy (non-hydrogen) atoms. The summed E-state index contributed by atoms with van der Waals surface area (Å²) >= 11 is 0. The Hall–Kier alpha value is -2.57.